The van der Waals surface area contributed by atoms with Crippen molar-refractivity contribution in [1.82, 2.24) is 4.90 Å². The largest absolute Gasteiger partial charge is 0.379 e. The summed E-state index contributed by atoms with van der Waals surface area (Å²) in [5.74, 6) is -1.39. The molecule has 0 saturated heterocycles. The SMILES string of the molecule is COC/C=N/N(C(=O)C1(C)CCC(N2C(=O)c3ccccc3C2=O)CC1)c1ccc(F)cc1Cl. The Kier molecular flexibility index (Phi) is 6.81. The Morgan fingerprint density at radius 3 is 2.38 bits per heavy atom. The molecular formula is C25H25ClFN3O4. The lowest BCUT2D eigenvalue weighted by molar-refractivity contribution is -0.129. The Morgan fingerprint density at radius 2 is 1.82 bits per heavy atom. The summed E-state index contributed by atoms with van der Waals surface area (Å²) in [5, 5.41) is 5.50. The zero-order valence-corrected chi connectivity index (χ0v) is 19.7. The molecule has 34 heavy (non-hydrogen) atoms. The maximum atomic E-state index is 13.7. The van der Waals surface area contributed by atoms with E-state index in [2.05, 4.69) is 5.10 Å². The number of anilines is 1. The Bertz CT molecular complexity index is 1130. The van der Waals surface area contributed by atoms with E-state index >= 15 is 0 Å². The van der Waals surface area contributed by atoms with Crippen molar-refractivity contribution >= 4 is 41.2 Å². The number of benzene rings is 2. The molecule has 1 heterocycles. The highest BCUT2D eigenvalue weighted by atomic mass is 35.5. The van der Waals surface area contributed by atoms with Gasteiger partial charge in [-0.25, -0.2) is 4.39 Å². The predicted octanol–water partition coefficient (Wildman–Crippen LogP) is 4.69. The number of hydrogen-bond acceptors (Lipinski definition) is 5. The zero-order valence-electron chi connectivity index (χ0n) is 19.0. The first kappa shape index (κ1) is 24.0. The molecule has 7 nitrogen and oxygen atoms in total. The lowest BCUT2D eigenvalue weighted by Gasteiger charge is -2.40. The summed E-state index contributed by atoms with van der Waals surface area (Å²) in [7, 11) is 1.50. The number of amides is 3. The summed E-state index contributed by atoms with van der Waals surface area (Å²) in [6, 6.07) is 10.3. The molecule has 1 aliphatic carbocycles. The molecule has 0 radical (unpaired) electrons. The van der Waals surface area contributed by atoms with Gasteiger partial charge in [0.2, 0.25) is 0 Å². The minimum atomic E-state index is -0.808. The number of fused-ring (bicyclic) bond motifs is 1. The number of rotatable bonds is 6. The van der Waals surface area contributed by atoms with E-state index in [1.54, 1.807) is 24.3 Å². The topological polar surface area (TPSA) is 79.3 Å². The first-order valence-corrected chi connectivity index (χ1v) is 11.4. The van der Waals surface area contributed by atoms with Crippen LogP contribution in [0.3, 0.4) is 0 Å². The quantitative estimate of drug-likeness (QED) is 0.338. The summed E-state index contributed by atoms with van der Waals surface area (Å²) in [6.45, 7) is 2.02. The summed E-state index contributed by atoms with van der Waals surface area (Å²) < 4.78 is 18.6. The van der Waals surface area contributed by atoms with E-state index in [1.807, 2.05) is 6.92 Å². The minimum Gasteiger partial charge on any atom is -0.379 e. The molecule has 0 bridgehead atoms. The molecule has 1 aliphatic heterocycles. The lowest BCUT2D eigenvalue weighted by Crippen LogP contribution is -2.48. The summed E-state index contributed by atoms with van der Waals surface area (Å²) >= 11 is 6.23. The standard InChI is InChI=1S/C25H25ClFN3O4/c1-25(24(33)30(28-13-14-34-2)21-8-7-16(27)15-20(21)26)11-9-17(10-12-25)29-22(31)18-5-3-4-6-19(18)23(29)32/h3-8,13,15,17H,9-12,14H2,1-2H3/b28-13+. The van der Waals surface area contributed by atoms with E-state index in [4.69, 9.17) is 16.3 Å². The second-order valence-electron chi connectivity index (χ2n) is 8.78. The molecule has 2 aromatic carbocycles. The van der Waals surface area contributed by atoms with E-state index in [0.717, 1.165) is 6.07 Å². The Morgan fingerprint density at radius 1 is 1.21 bits per heavy atom. The van der Waals surface area contributed by atoms with Gasteiger partial charge in [0.1, 0.15) is 5.82 Å². The van der Waals surface area contributed by atoms with E-state index in [-0.39, 0.29) is 41.1 Å². The van der Waals surface area contributed by atoms with Gasteiger partial charge in [-0.15, -0.1) is 0 Å². The van der Waals surface area contributed by atoms with E-state index < -0.39 is 11.2 Å². The molecule has 0 spiro atoms. The smallest absolute Gasteiger partial charge is 0.261 e. The zero-order chi connectivity index (χ0) is 24.5. The number of carbonyl (C=O) groups excluding carboxylic acids is 3. The highest BCUT2D eigenvalue weighted by Crippen LogP contribution is 2.42. The maximum absolute atomic E-state index is 13.7. The van der Waals surface area contributed by atoms with Gasteiger partial charge >= 0.3 is 0 Å². The molecule has 4 rings (SSSR count). The fourth-order valence-corrected chi connectivity index (χ4v) is 4.82. The molecule has 0 atom stereocenters. The molecule has 2 aromatic rings. The molecule has 0 unspecified atom stereocenters. The monoisotopic (exact) mass is 485 g/mol. The van der Waals surface area contributed by atoms with Crippen LogP contribution in [-0.4, -0.2) is 48.6 Å². The summed E-state index contributed by atoms with van der Waals surface area (Å²) in [5.41, 5.74) is 0.296. The normalized spacial score (nSPS) is 22.4. The second-order valence-corrected chi connectivity index (χ2v) is 9.19. The first-order valence-electron chi connectivity index (χ1n) is 11.0. The molecule has 2 aliphatic rings. The van der Waals surface area contributed by atoms with Crippen LogP contribution in [0.15, 0.2) is 47.6 Å². The van der Waals surface area contributed by atoms with Gasteiger partial charge in [0, 0.05) is 18.6 Å². The average Bonchev–Trinajstić information content (AvgIpc) is 3.08. The van der Waals surface area contributed by atoms with Crippen molar-refractivity contribution in [3.63, 3.8) is 0 Å². The second kappa shape index (κ2) is 9.64. The number of nitrogens with zero attached hydrogens (tertiary/aromatic N) is 3. The van der Waals surface area contributed by atoms with Crippen LogP contribution >= 0.6 is 11.6 Å². The van der Waals surface area contributed by atoms with Crippen LogP contribution in [0.4, 0.5) is 10.1 Å². The van der Waals surface area contributed by atoms with Gasteiger partial charge in [-0.3, -0.25) is 19.3 Å². The maximum Gasteiger partial charge on any atom is 0.261 e. The average molecular weight is 486 g/mol. The molecule has 1 saturated carbocycles. The summed E-state index contributed by atoms with van der Waals surface area (Å²) in [4.78, 5) is 40.7. The predicted molar refractivity (Wildman–Crippen MR) is 127 cm³/mol. The number of halogens is 2. The Labute approximate surface area is 202 Å². The lowest BCUT2D eigenvalue weighted by atomic mass is 9.72. The van der Waals surface area contributed by atoms with Crippen LogP contribution < -0.4 is 5.01 Å². The van der Waals surface area contributed by atoms with Crippen molar-refractivity contribution in [2.45, 2.75) is 38.6 Å². The molecule has 1 fully saturated rings. The number of hydrogen-bond donors (Lipinski definition) is 0. The van der Waals surface area contributed by atoms with Gasteiger partial charge in [0.25, 0.3) is 17.7 Å². The Balaban J connectivity index is 1.53. The van der Waals surface area contributed by atoms with Crippen molar-refractivity contribution in [3.05, 3.63) is 64.4 Å². The number of imide groups is 1. The van der Waals surface area contributed by atoms with Gasteiger partial charge in [-0.2, -0.15) is 10.1 Å². The summed E-state index contributed by atoms with van der Waals surface area (Å²) in [6.07, 6.45) is 3.30. The van der Waals surface area contributed by atoms with Crippen LogP contribution in [0.5, 0.6) is 0 Å². The third-order valence-corrected chi connectivity index (χ3v) is 6.84. The molecule has 178 valence electrons. The van der Waals surface area contributed by atoms with Gasteiger partial charge in [0.05, 0.1) is 34.7 Å². The van der Waals surface area contributed by atoms with E-state index in [1.165, 1.54) is 35.4 Å². The number of carbonyl (C=O) groups is 3. The van der Waals surface area contributed by atoms with Gasteiger partial charge in [-0.05, 0) is 56.0 Å². The third kappa shape index (κ3) is 4.35. The fourth-order valence-electron chi connectivity index (χ4n) is 4.57. The van der Waals surface area contributed by atoms with Gasteiger partial charge in [0.15, 0.2) is 0 Å². The highest BCUT2D eigenvalue weighted by molar-refractivity contribution is 6.33. The van der Waals surface area contributed by atoms with E-state index in [0.29, 0.717) is 36.8 Å². The van der Waals surface area contributed by atoms with Crippen molar-refractivity contribution in [2.24, 2.45) is 10.5 Å². The number of ether oxygens (including phenoxy) is 1. The van der Waals surface area contributed by atoms with Crippen LogP contribution in [0.1, 0.15) is 53.3 Å². The van der Waals surface area contributed by atoms with Crippen molar-refractivity contribution < 1.29 is 23.5 Å². The van der Waals surface area contributed by atoms with Gasteiger partial charge in [-0.1, -0.05) is 30.7 Å². The van der Waals surface area contributed by atoms with Crippen LogP contribution in [-0.2, 0) is 9.53 Å². The molecule has 9 heteroatoms. The third-order valence-electron chi connectivity index (χ3n) is 6.53. The van der Waals surface area contributed by atoms with Crippen LogP contribution in [0, 0.1) is 11.2 Å². The van der Waals surface area contributed by atoms with Crippen LogP contribution in [0.25, 0.3) is 0 Å². The molecule has 3 amide bonds. The molecular weight excluding hydrogens is 461 g/mol. The van der Waals surface area contributed by atoms with Gasteiger partial charge < -0.3 is 4.74 Å². The number of methoxy groups -OCH3 is 1. The van der Waals surface area contributed by atoms with Crippen molar-refractivity contribution in [3.8, 4) is 0 Å². The number of hydrazone groups is 1. The first-order chi connectivity index (χ1) is 16.3. The van der Waals surface area contributed by atoms with Crippen LogP contribution in [0.2, 0.25) is 5.02 Å². The minimum absolute atomic E-state index is 0.0613. The molecule has 0 N–H and O–H groups in total. The fraction of sp³-hybridized carbons (Fsp3) is 0.360. The highest BCUT2D eigenvalue weighted by Gasteiger charge is 2.46. The van der Waals surface area contributed by atoms with E-state index in [9.17, 15) is 18.8 Å². The Hall–Kier alpha value is -3.10. The van der Waals surface area contributed by atoms with Crippen molar-refractivity contribution in [2.75, 3.05) is 18.7 Å². The molecule has 0 aromatic heterocycles. The van der Waals surface area contributed by atoms with Crippen molar-refractivity contribution in [1.29, 1.82) is 0 Å².